The summed E-state index contributed by atoms with van der Waals surface area (Å²) in [5.74, 6) is 0.385. The normalized spacial score (nSPS) is 18.1. The third-order valence-corrected chi connectivity index (χ3v) is 4.59. The van der Waals surface area contributed by atoms with Gasteiger partial charge in [-0.15, -0.1) is 0 Å². The summed E-state index contributed by atoms with van der Waals surface area (Å²) in [5.41, 5.74) is 11.4. The zero-order valence-corrected chi connectivity index (χ0v) is 13.5. The van der Waals surface area contributed by atoms with E-state index in [1.165, 1.54) is 5.56 Å². The predicted molar refractivity (Wildman–Crippen MR) is 95.5 cm³/mol. The third-order valence-electron chi connectivity index (χ3n) is 4.59. The summed E-state index contributed by atoms with van der Waals surface area (Å²) < 4.78 is 0. The van der Waals surface area contributed by atoms with E-state index in [-0.39, 0.29) is 11.9 Å². The first-order valence-electron chi connectivity index (χ1n) is 8.08. The van der Waals surface area contributed by atoms with Gasteiger partial charge in [-0.1, -0.05) is 29.4 Å². The second kappa shape index (κ2) is 6.32. The second-order valence-corrected chi connectivity index (χ2v) is 6.06. The molecule has 1 unspecified atom stereocenters. The highest BCUT2D eigenvalue weighted by molar-refractivity contribution is 6.02. The van der Waals surface area contributed by atoms with Gasteiger partial charge in [-0.05, 0) is 41.2 Å². The van der Waals surface area contributed by atoms with Gasteiger partial charge in [-0.3, -0.25) is 4.98 Å². The van der Waals surface area contributed by atoms with Crippen LogP contribution in [0.3, 0.4) is 0 Å². The Kier molecular flexibility index (Phi) is 3.85. The first kappa shape index (κ1) is 15.3. The Bertz CT molecular complexity index is 940. The number of pyridine rings is 1. The van der Waals surface area contributed by atoms with Crippen molar-refractivity contribution < 1.29 is 5.21 Å². The van der Waals surface area contributed by atoms with E-state index in [9.17, 15) is 5.21 Å². The van der Waals surface area contributed by atoms with Crippen LogP contribution in [0.2, 0.25) is 0 Å². The van der Waals surface area contributed by atoms with Crippen LogP contribution >= 0.6 is 0 Å². The largest absolute Gasteiger partial charge is 0.411 e. The lowest BCUT2D eigenvalue weighted by Crippen LogP contribution is -2.22. The van der Waals surface area contributed by atoms with Crippen LogP contribution < -0.4 is 5.73 Å². The summed E-state index contributed by atoms with van der Waals surface area (Å²) in [6.07, 6.45) is 6.56. The van der Waals surface area contributed by atoms with E-state index in [2.05, 4.69) is 32.2 Å². The second-order valence-electron chi connectivity index (χ2n) is 6.06. The summed E-state index contributed by atoms with van der Waals surface area (Å²) in [6.45, 7) is 0. The smallest absolute Gasteiger partial charge is 0.220 e. The molecule has 0 radical (unpaired) electrons. The quantitative estimate of drug-likeness (QED) is 0.555. The van der Waals surface area contributed by atoms with E-state index in [0.717, 1.165) is 28.8 Å². The lowest BCUT2D eigenvalue weighted by molar-refractivity contribution is 0.316. The minimum atomic E-state index is 0.150. The van der Waals surface area contributed by atoms with Crippen LogP contribution in [0, 0.1) is 0 Å². The highest BCUT2D eigenvalue weighted by Crippen LogP contribution is 2.37. The monoisotopic (exact) mass is 331 g/mol. The fourth-order valence-electron chi connectivity index (χ4n) is 3.44. The Morgan fingerprint density at radius 2 is 1.84 bits per heavy atom. The van der Waals surface area contributed by atoms with Gasteiger partial charge in [0, 0.05) is 30.6 Å². The van der Waals surface area contributed by atoms with Gasteiger partial charge in [-0.2, -0.15) is 0 Å². The lowest BCUT2D eigenvalue weighted by atomic mass is 9.79. The number of hydrogen-bond donors (Lipinski definition) is 2. The molecule has 1 aliphatic carbocycles. The number of nitrogen functional groups attached to an aromatic ring is 1. The van der Waals surface area contributed by atoms with Gasteiger partial charge < -0.3 is 10.9 Å². The van der Waals surface area contributed by atoms with E-state index in [0.29, 0.717) is 12.1 Å². The molecule has 2 heterocycles. The van der Waals surface area contributed by atoms with Gasteiger partial charge in [0.2, 0.25) is 5.95 Å². The molecule has 1 atom stereocenters. The maximum atomic E-state index is 9.45. The summed E-state index contributed by atoms with van der Waals surface area (Å²) in [6, 6.07) is 12.3. The summed E-state index contributed by atoms with van der Waals surface area (Å²) in [7, 11) is 0. The van der Waals surface area contributed by atoms with Crippen molar-refractivity contribution in [3.05, 3.63) is 71.8 Å². The zero-order chi connectivity index (χ0) is 17.2. The van der Waals surface area contributed by atoms with Crippen LogP contribution in [-0.4, -0.2) is 25.9 Å². The number of nitrogens with zero attached hydrogens (tertiary/aromatic N) is 4. The number of nitrogens with two attached hydrogens (primary N) is 1. The summed E-state index contributed by atoms with van der Waals surface area (Å²) in [4.78, 5) is 12.5. The molecule has 0 aliphatic heterocycles. The Morgan fingerprint density at radius 3 is 2.64 bits per heavy atom. The minimum Gasteiger partial charge on any atom is -0.411 e. The lowest BCUT2D eigenvalue weighted by Gasteiger charge is -2.26. The molecule has 1 aromatic carbocycles. The van der Waals surface area contributed by atoms with Crippen LogP contribution in [0.15, 0.2) is 60.1 Å². The molecule has 0 fully saturated rings. The Hall–Kier alpha value is -3.28. The van der Waals surface area contributed by atoms with Gasteiger partial charge in [0.1, 0.15) is 0 Å². The van der Waals surface area contributed by atoms with Gasteiger partial charge >= 0.3 is 0 Å². The standard InChI is InChI=1S/C19H17N5O/c20-19-22-11-16-17(23-19)9-13(10-18(16)24-25)15-4-2-1-3-14(15)12-5-7-21-8-6-12/h1-8,11,13,25H,9-10H2,(H2,20,22,23)/b24-18-. The van der Waals surface area contributed by atoms with E-state index in [1.54, 1.807) is 18.6 Å². The van der Waals surface area contributed by atoms with Gasteiger partial charge in [0.15, 0.2) is 0 Å². The van der Waals surface area contributed by atoms with Crippen LogP contribution in [0.5, 0.6) is 0 Å². The van der Waals surface area contributed by atoms with E-state index in [1.807, 2.05) is 24.3 Å². The van der Waals surface area contributed by atoms with Crippen molar-refractivity contribution in [2.75, 3.05) is 5.73 Å². The maximum absolute atomic E-state index is 9.45. The number of hydrogen-bond acceptors (Lipinski definition) is 6. The van der Waals surface area contributed by atoms with E-state index in [4.69, 9.17) is 5.73 Å². The SMILES string of the molecule is Nc1ncc2c(n1)CC(c1ccccc1-c1ccncc1)C/C2=N/O. The number of benzene rings is 1. The number of oxime groups is 1. The van der Waals surface area contributed by atoms with Crippen molar-refractivity contribution >= 4 is 11.7 Å². The molecule has 0 bridgehead atoms. The average Bonchev–Trinajstić information content (AvgIpc) is 2.67. The number of aromatic nitrogens is 3. The highest BCUT2D eigenvalue weighted by atomic mass is 16.4. The molecule has 2 aromatic heterocycles. The van der Waals surface area contributed by atoms with E-state index < -0.39 is 0 Å². The molecule has 0 saturated heterocycles. The van der Waals surface area contributed by atoms with Crippen LogP contribution in [0.4, 0.5) is 5.95 Å². The average molecular weight is 331 g/mol. The van der Waals surface area contributed by atoms with Crippen molar-refractivity contribution in [2.24, 2.45) is 5.16 Å². The molecular formula is C19H17N5O. The topological polar surface area (TPSA) is 97.3 Å². The Balaban J connectivity index is 1.79. The fourth-order valence-corrected chi connectivity index (χ4v) is 3.44. The molecule has 0 saturated carbocycles. The van der Waals surface area contributed by atoms with Gasteiger partial charge in [0.25, 0.3) is 0 Å². The highest BCUT2D eigenvalue weighted by Gasteiger charge is 2.28. The molecule has 3 N–H and O–H groups in total. The first-order valence-corrected chi connectivity index (χ1v) is 8.08. The van der Waals surface area contributed by atoms with Crippen LogP contribution in [0.25, 0.3) is 11.1 Å². The van der Waals surface area contributed by atoms with Crippen molar-refractivity contribution in [3.8, 4) is 11.1 Å². The molecule has 3 aromatic rings. The molecule has 0 amide bonds. The predicted octanol–water partition coefficient (Wildman–Crippen LogP) is 3.03. The minimum absolute atomic E-state index is 0.150. The molecule has 124 valence electrons. The van der Waals surface area contributed by atoms with E-state index >= 15 is 0 Å². The van der Waals surface area contributed by atoms with Crippen LogP contribution in [0.1, 0.15) is 29.2 Å². The Labute approximate surface area is 145 Å². The molecule has 0 spiro atoms. The van der Waals surface area contributed by atoms with Gasteiger partial charge in [-0.25, -0.2) is 9.97 Å². The molecule has 6 heteroatoms. The zero-order valence-electron chi connectivity index (χ0n) is 13.5. The van der Waals surface area contributed by atoms with Gasteiger partial charge in [0.05, 0.1) is 11.4 Å². The third kappa shape index (κ3) is 2.82. The van der Waals surface area contributed by atoms with Crippen molar-refractivity contribution in [1.29, 1.82) is 0 Å². The van der Waals surface area contributed by atoms with Crippen molar-refractivity contribution in [3.63, 3.8) is 0 Å². The van der Waals surface area contributed by atoms with Crippen LogP contribution in [-0.2, 0) is 6.42 Å². The first-order chi connectivity index (χ1) is 12.3. The Morgan fingerprint density at radius 1 is 1.04 bits per heavy atom. The molecule has 25 heavy (non-hydrogen) atoms. The maximum Gasteiger partial charge on any atom is 0.220 e. The fraction of sp³-hybridized carbons (Fsp3) is 0.158. The number of rotatable bonds is 2. The summed E-state index contributed by atoms with van der Waals surface area (Å²) in [5, 5.41) is 12.9. The molecule has 1 aliphatic rings. The van der Waals surface area contributed by atoms with Crippen molar-refractivity contribution in [1.82, 2.24) is 15.0 Å². The summed E-state index contributed by atoms with van der Waals surface area (Å²) >= 11 is 0. The number of fused-ring (bicyclic) bond motifs is 1. The van der Waals surface area contributed by atoms with Crippen molar-refractivity contribution in [2.45, 2.75) is 18.8 Å². The molecular weight excluding hydrogens is 314 g/mol. The number of anilines is 1. The molecule has 4 rings (SSSR count). The molecule has 6 nitrogen and oxygen atoms in total.